The molecule has 2 heterocycles. The van der Waals surface area contributed by atoms with Gasteiger partial charge in [0.05, 0.1) is 0 Å². The number of pyridine rings is 1. The van der Waals surface area contributed by atoms with Crippen LogP contribution >= 0.6 is 15.9 Å². The van der Waals surface area contributed by atoms with Crippen molar-refractivity contribution in [1.82, 2.24) is 14.1 Å². The maximum absolute atomic E-state index is 12.8. The van der Waals surface area contributed by atoms with Crippen LogP contribution < -0.4 is 0 Å². The van der Waals surface area contributed by atoms with Crippen molar-refractivity contribution in [2.75, 3.05) is 7.05 Å². The number of halogens is 1. The van der Waals surface area contributed by atoms with Crippen molar-refractivity contribution in [3.8, 4) is 0 Å². The summed E-state index contributed by atoms with van der Waals surface area (Å²) in [6, 6.07) is 4.40. The van der Waals surface area contributed by atoms with E-state index >= 15 is 0 Å². The Morgan fingerprint density at radius 3 is 2.24 bits per heavy atom. The van der Waals surface area contributed by atoms with Gasteiger partial charge >= 0.3 is 6.09 Å². The highest BCUT2D eigenvalue weighted by molar-refractivity contribution is 9.10. The van der Waals surface area contributed by atoms with Gasteiger partial charge in [0.25, 0.3) is 0 Å². The Bertz CT molecular complexity index is 1000. The van der Waals surface area contributed by atoms with E-state index in [1.807, 2.05) is 32.7 Å². The molecule has 0 spiro atoms. The minimum atomic E-state index is -1.99. The zero-order valence-corrected chi connectivity index (χ0v) is 24.7. The molecule has 0 N–H and O–H groups in total. The predicted molar refractivity (Wildman–Crippen MR) is 144 cm³/mol. The van der Waals surface area contributed by atoms with Gasteiger partial charge in [-0.25, -0.2) is 9.78 Å². The molecular weight excluding hydrogens is 494 g/mol. The van der Waals surface area contributed by atoms with E-state index in [0.29, 0.717) is 16.6 Å². The first-order valence-corrected chi connectivity index (χ1v) is 15.3. The molecule has 0 saturated heterocycles. The topological polar surface area (TPSA) is 47.4 Å². The lowest BCUT2D eigenvalue weighted by Gasteiger charge is -2.46. The molecule has 1 aliphatic carbocycles. The number of ether oxygens (including phenoxy) is 1. The number of aromatic nitrogens is 2. The summed E-state index contributed by atoms with van der Waals surface area (Å²) >= 11 is 3.64. The molecular formula is C26H42BrN3O2Si. The van der Waals surface area contributed by atoms with Gasteiger partial charge in [-0.1, -0.05) is 41.5 Å². The number of likely N-dealkylation sites (N-methyl/N-ethyl adjacent to an activating group) is 1. The Morgan fingerprint density at radius 2 is 1.73 bits per heavy atom. The van der Waals surface area contributed by atoms with E-state index in [0.717, 1.165) is 29.5 Å². The van der Waals surface area contributed by atoms with E-state index < -0.39 is 13.8 Å². The normalized spacial score (nSPS) is 17.2. The van der Waals surface area contributed by atoms with E-state index in [2.05, 4.69) is 73.8 Å². The Labute approximate surface area is 209 Å². The van der Waals surface area contributed by atoms with Crippen LogP contribution in [0.1, 0.15) is 80.0 Å². The van der Waals surface area contributed by atoms with Gasteiger partial charge in [-0.15, -0.1) is 0 Å². The van der Waals surface area contributed by atoms with Crippen LogP contribution in [0, 0.1) is 0 Å². The molecule has 5 nitrogen and oxygen atoms in total. The molecule has 0 bridgehead atoms. The van der Waals surface area contributed by atoms with Gasteiger partial charge in [0.1, 0.15) is 15.9 Å². The summed E-state index contributed by atoms with van der Waals surface area (Å²) < 4.78 is 9.28. The van der Waals surface area contributed by atoms with Crippen LogP contribution in [-0.4, -0.2) is 47.1 Å². The van der Waals surface area contributed by atoms with E-state index in [-0.39, 0.29) is 12.1 Å². The first-order valence-electron chi connectivity index (χ1n) is 12.4. The first-order chi connectivity index (χ1) is 15.2. The Morgan fingerprint density at radius 1 is 1.15 bits per heavy atom. The van der Waals surface area contributed by atoms with Crippen molar-refractivity contribution in [1.29, 1.82) is 0 Å². The van der Waals surface area contributed by atoms with Gasteiger partial charge in [-0.3, -0.25) is 0 Å². The van der Waals surface area contributed by atoms with Gasteiger partial charge in [-0.05, 0) is 90.3 Å². The van der Waals surface area contributed by atoms with Gasteiger partial charge in [-0.2, -0.15) is 0 Å². The van der Waals surface area contributed by atoms with Crippen LogP contribution in [0.3, 0.4) is 0 Å². The zero-order valence-electron chi connectivity index (χ0n) is 22.1. The lowest BCUT2D eigenvalue weighted by molar-refractivity contribution is 0.0210. The second-order valence-corrected chi connectivity index (χ2v) is 18.1. The smallest absolute Gasteiger partial charge is 0.410 e. The van der Waals surface area contributed by atoms with Crippen molar-refractivity contribution in [2.45, 2.75) is 110 Å². The molecule has 1 amide bonds. The van der Waals surface area contributed by atoms with E-state index in [9.17, 15) is 4.79 Å². The molecule has 1 aliphatic rings. The van der Waals surface area contributed by atoms with Crippen LogP contribution in [0.15, 0.2) is 16.7 Å². The zero-order chi connectivity index (χ0) is 24.9. The number of fused-ring (bicyclic) bond motifs is 3. The molecule has 2 aromatic rings. The maximum Gasteiger partial charge on any atom is 0.410 e. The number of nitrogens with zero attached hydrogens (tertiary/aromatic N) is 3. The lowest BCUT2D eigenvalue weighted by atomic mass is 9.91. The first kappa shape index (κ1) is 26.3. The van der Waals surface area contributed by atoms with Crippen LogP contribution in [-0.2, 0) is 17.6 Å². The second kappa shape index (κ2) is 9.37. The molecule has 0 fully saturated rings. The summed E-state index contributed by atoms with van der Waals surface area (Å²) in [4.78, 5) is 19.7. The third-order valence-electron chi connectivity index (χ3n) is 7.54. The van der Waals surface area contributed by atoms with Crippen molar-refractivity contribution in [2.24, 2.45) is 0 Å². The molecule has 1 atom stereocenters. The lowest BCUT2D eigenvalue weighted by Crippen LogP contribution is -2.53. The third-order valence-corrected chi connectivity index (χ3v) is 14.8. The van der Waals surface area contributed by atoms with Crippen LogP contribution in [0.25, 0.3) is 11.0 Å². The fourth-order valence-corrected chi connectivity index (χ4v) is 13.5. The van der Waals surface area contributed by atoms with Gasteiger partial charge in [0.2, 0.25) is 0 Å². The van der Waals surface area contributed by atoms with Crippen LogP contribution in [0.5, 0.6) is 0 Å². The molecule has 33 heavy (non-hydrogen) atoms. The highest BCUT2D eigenvalue weighted by Crippen LogP contribution is 2.47. The second-order valence-electron chi connectivity index (χ2n) is 11.6. The summed E-state index contributed by atoms with van der Waals surface area (Å²) in [7, 11) is -0.111. The number of hydrogen-bond donors (Lipinski definition) is 0. The summed E-state index contributed by atoms with van der Waals surface area (Å²) in [5, 5.41) is 1.24. The molecule has 184 valence electrons. The Hall–Kier alpha value is -1.34. The molecule has 2 aromatic heterocycles. The quantitative estimate of drug-likeness (QED) is 0.293. The molecule has 0 radical (unpaired) electrons. The monoisotopic (exact) mass is 535 g/mol. The summed E-state index contributed by atoms with van der Waals surface area (Å²) in [5.74, 6) is 0. The van der Waals surface area contributed by atoms with Crippen LogP contribution in [0.2, 0.25) is 16.6 Å². The molecule has 1 unspecified atom stereocenters. The number of rotatable bonds is 5. The molecule has 0 aliphatic heterocycles. The highest BCUT2D eigenvalue weighted by atomic mass is 79.9. The van der Waals surface area contributed by atoms with Crippen LogP contribution in [0.4, 0.5) is 4.79 Å². The largest absolute Gasteiger partial charge is 0.444 e. The summed E-state index contributed by atoms with van der Waals surface area (Å²) in [6.45, 7) is 20.2. The molecule has 0 aromatic carbocycles. The molecule has 3 rings (SSSR count). The minimum Gasteiger partial charge on any atom is -0.444 e. The SMILES string of the molecule is CC(C)[Si](C(C)C)(C(C)C)n1c2c(c3ccc(Br)nc31)CC(N(C)C(=O)OC(C)(C)C)CC2. The fraction of sp³-hybridized carbons (Fsp3) is 0.692. The van der Waals surface area contributed by atoms with Crippen molar-refractivity contribution < 1.29 is 9.53 Å². The average Bonchev–Trinajstić information content (AvgIpc) is 2.99. The third kappa shape index (κ3) is 4.64. The van der Waals surface area contributed by atoms with Crippen molar-refractivity contribution >= 4 is 41.3 Å². The van der Waals surface area contributed by atoms with E-state index in [1.54, 1.807) is 0 Å². The fourth-order valence-electron chi connectivity index (χ4n) is 6.39. The van der Waals surface area contributed by atoms with E-state index in [4.69, 9.17) is 9.72 Å². The Balaban J connectivity index is 2.17. The number of carbonyl (C=O) groups excluding carboxylic acids is 1. The maximum atomic E-state index is 12.8. The van der Waals surface area contributed by atoms with Crippen molar-refractivity contribution in [3.05, 3.63) is 28.0 Å². The van der Waals surface area contributed by atoms with Gasteiger partial charge < -0.3 is 13.9 Å². The average molecular weight is 537 g/mol. The number of amides is 1. The van der Waals surface area contributed by atoms with E-state index in [1.165, 1.54) is 16.6 Å². The van der Waals surface area contributed by atoms with Gasteiger partial charge in [0.15, 0.2) is 8.24 Å². The number of hydrogen-bond acceptors (Lipinski definition) is 3. The predicted octanol–water partition coefficient (Wildman–Crippen LogP) is 7.55. The molecule has 0 saturated carbocycles. The Kier molecular flexibility index (Phi) is 7.45. The molecule has 7 heteroatoms. The summed E-state index contributed by atoms with van der Waals surface area (Å²) in [6.07, 6.45) is 2.51. The van der Waals surface area contributed by atoms with Crippen molar-refractivity contribution in [3.63, 3.8) is 0 Å². The highest BCUT2D eigenvalue weighted by Gasteiger charge is 2.48. The minimum absolute atomic E-state index is 0.128. The summed E-state index contributed by atoms with van der Waals surface area (Å²) in [5.41, 5.74) is 5.20. The standard InChI is InChI=1S/C26H42BrN3O2Si/c1-16(2)33(17(3)4,18(5)6)30-22-13-11-19(29(10)25(31)32-26(7,8)9)15-21(22)20-12-14-23(27)28-24(20)30/h12,14,16-19H,11,13,15H2,1-10H3. The van der Waals surface area contributed by atoms with Gasteiger partial charge in [0, 0.05) is 24.2 Å². The number of carbonyl (C=O) groups is 1.